The number of hydrogen-bond acceptors (Lipinski definition) is 3. The third-order valence-corrected chi connectivity index (χ3v) is 4.48. The molecule has 2 aliphatic heterocycles. The molecule has 0 aromatic heterocycles. The fourth-order valence-electron chi connectivity index (χ4n) is 3.33. The van der Waals surface area contributed by atoms with Gasteiger partial charge in [-0.1, -0.05) is 48.0 Å². The van der Waals surface area contributed by atoms with Crippen molar-refractivity contribution in [1.29, 1.82) is 0 Å². The van der Waals surface area contributed by atoms with Gasteiger partial charge < -0.3 is 4.74 Å². The summed E-state index contributed by atoms with van der Waals surface area (Å²) in [5.74, 6) is 0.981. The van der Waals surface area contributed by atoms with E-state index >= 15 is 0 Å². The van der Waals surface area contributed by atoms with Crippen molar-refractivity contribution >= 4 is 5.71 Å². The number of para-hydroxylation sites is 1. The third-order valence-electron chi connectivity index (χ3n) is 4.48. The molecule has 3 heteroatoms. The zero-order valence-electron chi connectivity index (χ0n) is 13.2. The van der Waals surface area contributed by atoms with E-state index in [9.17, 15) is 0 Å². The molecule has 0 amide bonds. The van der Waals surface area contributed by atoms with Crippen molar-refractivity contribution < 1.29 is 4.74 Å². The van der Waals surface area contributed by atoms with Gasteiger partial charge in [-0.3, -0.25) is 0 Å². The SMILES string of the molecule is Cc1ccc(C2=NN3[C@H](C2)c2ccccc2OC3(C)C)cc1. The molecule has 112 valence electrons. The first-order chi connectivity index (χ1) is 10.5. The van der Waals surface area contributed by atoms with Gasteiger partial charge in [-0.05, 0) is 32.4 Å². The molecular formula is C19H20N2O. The summed E-state index contributed by atoms with van der Waals surface area (Å²) in [7, 11) is 0. The van der Waals surface area contributed by atoms with Crippen LogP contribution in [0.1, 0.15) is 43.0 Å². The molecule has 4 rings (SSSR count). The van der Waals surface area contributed by atoms with Crippen LogP contribution >= 0.6 is 0 Å². The number of benzene rings is 2. The number of hydrazone groups is 1. The maximum absolute atomic E-state index is 6.16. The lowest BCUT2D eigenvalue weighted by Crippen LogP contribution is -2.48. The van der Waals surface area contributed by atoms with Crippen LogP contribution in [0, 0.1) is 6.92 Å². The zero-order chi connectivity index (χ0) is 15.3. The summed E-state index contributed by atoms with van der Waals surface area (Å²) in [6.07, 6.45) is 0.923. The van der Waals surface area contributed by atoms with E-state index in [1.807, 2.05) is 6.07 Å². The topological polar surface area (TPSA) is 24.8 Å². The number of ether oxygens (including phenoxy) is 1. The van der Waals surface area contributed by atoms with E-state index in [-0.39, 0.29) is 6.04 Å². The molecule has 0 bridgehead atoms. The molecule has 2 aromatic rings. The molecule has 0 N–H and O–H groups in total. The number of fused-ring (bicyclic) bond motifs is 3. The first-order valence-electron chi connectivity index (χ1n) is 7.76. The summed E-state index contributed by atoms with van der Waals surface area (Å²) in [6.45, 7) is 6.27. The Hall–Kier alpha value is -2.29. The molecule has 0 saturated carbocycles. The van der Waals surface area contributed by atoms with Gasteiger partial charge in [0.05, 0.1) is 11.8 Å². The van der Waals surface area contributed by atoms with E-state index in [2.05, 4.69) is 68.2 Å². The van der Waals surface area contributed by atoms with E-state index in [0.717, 1.165) is 17.9 Å². The van der Waals surface area contributed by atoms with Crippen LogP contribution in [0.15, 0.2) is 53.6 Å². The summed E-state index contributed by atoms with van der Waals surface area (Å²) >= 11 is 0. The van der Waals surface area contributed by atoms with Crippen LogP contribution in [-0.4, -0.2) is 16.4 Å². The second kappa shape index (κ2) is 4.60. The van der Waals surface area contributed by atoms with Gasteiger partial charge in [0.25, 0.3) is 0 Å². The van der Waals surface area contributed by atoms with Crippen molar-refractivity contribution in [3.05, 3.63) is 65.2 Å². The van der Waals surface area contributed by atoms with Crippen molar-refractivity contribution in [1.82, 2.24) is 5.01 Å². The molecule has 0 fully saturated rings. The Kier molecular flexibility index (Phi) is 2.80. The van der Waals surface area contributed by atoms with E-state index in [1.54, 1.807) is 0 Å². The van der Waals surface area contributed by atoms with Gasteiger partial charge in [0.1, 0.15) is 5.75 Å². The Bertz CT molecular complexity index is 746. The number of aryl methyl sites for hydroxylation is 1. The molecule has 3 nitrogen and oxygen atoms in total. The van der Waals surface area contributed by atoms with Crippen LogP contribution in [0.2, 0.25) is 0 Å². The molecule has 22 heavy (non-hydrogen) atoms. The minimum atomic E-state index is -0.425. The highest BCUT2D eigenvalue weighted by atomic mass is 16.5. The first kappa shape index (κ1) is 13.4. The van der Waals surface area contributed by atoms with Gasteiger partial charge in [-0.2, -0.15) is 5.10 Å². The molecule has 0 spiro atoms. The summed E-state index contributed by atoms with van der Waals surface area (Å²) in [5.41, 5.74) is 4.42. The Labute approximate surface area is 131 Å². The largest absolute Gasteiger partial charge is 0.467 e. The van der Waals surface area contributed by atoms with Gasteiger partial charge in [-0.25, -0.2) is 5.01 Å². The smallest absolute Gasteiger partial charge is 0.192 e. The molecule has 1 atom stereocenters. The van der Waals surface area contributed by atoms with Gasteiger partial charge in [0.2, 0.25) is 0 Å². The quantitative estimate of drug-likeness (QED) is 0.784. The van der Waals surface area contributed by atoms with Crippen LogP contribution < -0.4 is 4.74 Å². The lowest BCUT2D eigenvalue weighted by molar-refractivity contribution is -0.0911. The third kappa shape index (κ3) is 2.00. The van der Waals surface area contributed by atoms with Crippen molar-refractivity contribution in [2.45, 2.75) is 39.0 Å². The van der Waals surface area contributed by atoms with Gasteiger partial charge in [0, 0.05) is 12.0 Å². The van der Waals surface area contributed by atoms with E-state index in [1.165, 1.54) is 16.7 Å². The minimum Gasteiger partial charge on any atom is -0.467 e. The predicted molar refractivity (Wildman–Crippen MR) is 88.1 cm³/mol. The van der Waals surface area contributed by atoms with Crippen LogP contribution in [-0.2, 0) is 0 Å². The van der Waals surface area contributed by atoms with Crippen LogP contribution in [0.3, 0.4) is 0 Å². The first-order valence-corrected chi connectivity index (χ1v) is 7.76. The van der Waals surface area contributed by atoms with Crippen LogP contribution in [0.25, 0.3) is 0 Å². The standard InChI is InChI=1S/C19H20N2O/c1-13-8-10-14(11-9-13)16-12-17-15-6-4-5-7-18(15)22-19(2,3)21(17)20-16/h4-11,17H,12H2,1-3H3/t17-/m1/s1. The summed E-state index contributed by atoms with van der Waals surface area (Å²) in [6, 6.07) is 17.2. The minimum absolute atomic E-state index is 0.260. The average molecular weight is 292 g/mol. The molecule has 0 unspecified atom stereocenters. The Morgan fingerprint density at radius 3 is 2.59 bits per heavy atom. The Morgan fingerprint density at radius 1 is 1.09 bits per heavy atom. The zero-order valence-corrected chi connectivity index (χ0v) is 13.2. The van der Waals surface area contributed by atoms with Crippen molar-refractivity contribution in [3.63, 3.8) is 0 Å². The van der Waals surface area contributed by atoms with E-state index in [0.29, 0.717) is 0 Å². The second-order valence-electron chi connectivity index (χ2n) is 6.56. The van der Waals surface area contributed by atoms with Gasteiger partial charge in [-0.15, -0.1) is 0 Å². The molecule has 0 radical (unpaired) electrons. The molecule has 2 aromatic carbocycles. The molecule has 0 aliphatic carbocycles. The molecule has 0 saturated heterocycles. The van der Waals surface area contributed by atoms with Crippen molar-refractivity contribution in [2.24, 2.45) is 5.10 Å². The maximum Gasteiger partial charge on any atom is 0.192 e. The maximum atomic E-state index is 6.16. The monoisotopic (exact) mass is 292 g/mol. The van der Waals surface area contributed by atoms with E-state index < -0.39 is 5.72 Å². The highest BCUT2D eigenvalue weighted by Gasteiger charge is 2.44. The lowest BCUT2D eigenvalue weighted by Gasteiger charge is -2.43. The normalized spacial score (nSPS) is 21.7. The molecular weight excluding hydrogens is 272 g/mol. The lowest BCUT2D eigenvalue weighted by atomic mass is 9.95. The molecule has 2 aliphatic rings. The van der Waals surface area contributed by atoms with Crippen molar-refractivity contribution in [3.8, 4) is 5.75 Å². The second-order valence-corrected chi connectivity index (χ2v) is 6.56. The Morgan fingerprint density at radius 2 is 1.82 bits per heavy atom. The van der Waals surface area contributed by atoms with E-state index in [4.69, 9.17) is 9.84 Å². The van der Waals surface area contributed by atoms with Gasteiger partial charge in [0.15, 0.2) is 5.72 Å². The van der Waals surface area contributed by atoms with Gasteiger partial charge >= 0.3 is 0 Å². The predicted octanol–water partition coefficient (Wildman–Crippen LogP) is 4.27. The number of nitrogens with zero attached hydrogens (tertiary/aromatic N) is 2. The van der Waals surface area contributed by atoms with Crippen LogP contribution in [0.5, 0.6) is 5.75 Å². The fraction of sp³-hybridized carbons (Fsp3) is 0.316. The highest BCUT2D eigenvalue weighted by molar-refractivity contribution is 6.02. The fourth-order valence-corrected chi connectivity index (χ4v) is 3.33. The average Bonchev–Trinajstić information content (AvgIpc) is 2.94. The summed E-state index contributed by atoms with van der Waals surface area (Å²) in [4.78, 5) is 0. The summed E-state index contributed by atoms with van der Waals surface area (Å²) in [5, 5.41) is 7.00. The van der Waals surface area contributed by atoms with Crippen molar-refractivity contribution in [2.75, 3.05) is 0 Å². The number of rotatable bonds is 1. The number of hydrogen-bond donors (Lipinski definition) is 0. The Balaban J connectivity index is 1.76. The molecule has 2 heterocycles. The summed E-state index contributed by atoms with van der Waals surface area (Å²) < 4.78 is 6.16. The van der Waals surface area contributed by atoms with Crippen LogP contribution in [0.4, 0.5) is 0 Å². The highest BCUT2D eigenvalue weighted by Crippen LogP contribution is 2.46.